The molecule has 1 aromatic carbocycles. The number of hydrogen-bond acceptors (Lipinski definition) is 4. The molecule has 1 atom stereocenters. The van der Waals surface area contributed by atoms with Crippen LogP contribution in [-0.4, -0.2) is 40.7 Å². The smallest absolute Gasteiger partial charge is 0.318 e. The summed E-state index contributed by atoms with van der Waals surface area (Å²) in [5, 5.41) is 11.8. The molecule has 2 heterocycles. The van der Waals surface area contributed by atoms with Crippen molar-refractivity contribution in [2.24, 2.45) is 0 Å². The van der Waals surface area contributed by atoms with Gasteiger partial charge in [0.25, 0.3) is 0 Å². The van der Waals surface area contributed by atoms with Crippen LogP contribution in [0.15, 0.2) is 22.6 Å². The van der Waals surface area contributed by atoms with Crippen LogP contribution in [0, 0.1) is 6.92 Å². The van der Waals surface area contributed by atoms with Gasteiger partial charge in [0.05, 0.1) is 12.6 Å². The molecule has 6 nitrogen and oxygen atoms in total. The number of aliphatic hydroxyl groups excluding tert-OH is 1. The topological polar surface area (TPSA) is 78.6 Å². The number of carbonyl (C=O) groups is 1. The molecule has 1 aliphatic rings. The normalized spacial score (nSPS) is 19.2. The summed E-state index contributed by atoms with van der Waals surface area (Å²) in [5.41, 5.74) is 2.53. The number of urea groups is 1. The van der Waals surface area contributed by atoms with Crippen molar-refractivity contribution in [3.63, 3.8) is 0 Å². The molecular formula is C13H15N3O3. The fourth-order valence-corrected chi connectivity index (χ4v) is 2.36. The zero-order valence-electron chi connectivity index (χ0n) is 10.6. The van der Waals surface area contributed by atoms with Gasteiger partial charge in [-0.2, -0.15) is 0 Å². The first-order valence-corrected chi connectivity index (χ1v) is 6.21. The van der Waals surface area contributed by atoms with Crippen molar-refractivity contribution in [3.05, 3.63) is 29.7 Å². The summed E-state index contributed by atoms with van der Waals surface area (Å²) in [4.78, 5) is 17.5. The highest BCUT2D eigenvalue weighted by Crippen LogP contribution is 2.24. The minimum absolute atomic E-state index is 0.0273. The third-order valence-corrected chi connectivity index (χ3v) is 3.28. The molecule has 0 saturated carbocycles. The van der Waals surface area contributed by atoms with E-state index >= 15 is 0 Å². The van der Waals surface area contributed by atoms with E-state index < -0.39 is 0 Å². The quantitative estimate of drug-likeness (QED) is 0.870. The van der Waals surface area contributed by atoms with Gasteiger partial charge in [-0.15, -0.1) is 0 Å². The number of aromatic nitrogens is 1. The summed E-state index contributed by atoms with van der Waals surface area (Å²) in [5.74, 6) is 0.629. The summed E-state index contributed by atoms with van der Waals surface area (Å²) < 4.78 is 5.49. The first-order chi connectivity index (χ1) is 9.17. The summed E-state index contributed by atoms with van der Waals surface area (Å²) in [6.45, 7) is 2.69. The molecule has 3 rings (SSSR count). The first-order valence-electron chi connectivity index (χ1n) is 6.21. The van der Waals surface area contributed by atoms with Crippen LogP contribution in [0.4, 0.5) is 4.79 Å². The third kappa shape index (κ3) is 2.15. The Kier molecular flexibility index (Phi) is 2.87. The van der Waals surface area contributed by atoms with E-state index in [1.54, 1.807) is 11.8 Å². The summed E-state index contributed by atoms with van der Waals surface area (Å²) in [6, 6.07) is 5.52. The van der Waals surface area contributed by atoms with E-state index in [0.29, 0.717) is 19.0 Å². The van der Waals surface area contributed by atoms with Crippen molar-refractivity contribution in [3.8, 4) is 0 Å². The second-order valence-corrected chi connectivity index (χ2v) is 4.63. The Morgan fingerprint density at radius 2 is 2.42 bits per heavy atom. The molecule has 0 radical (unpaired) electrons. The minimum atomic E-state index is -0.145. The monoisotopic (exact) mass is 261 g/mol. The van der Waals surface area contributed by atoms with Gasteiger partial charge in [-0.1, -0.05) is 6.07 Å². The number of fused-ring (bicyclic) bond motifs is 1. The maximum absolute atomic E-state index is 11.7. The Bertz CT molecular complexity index is 623. The van der Waals surface area contributed by atoms with Crippen molar-refractivity contribution in [2.45, 2.75) is 13.0 Å². The minimum Gasteiger partial charge on any atom is -0.441 e. The second-order valence-electron chi connectivity index (χ2n) is 4.63. The van der Waals surface area contributed by atoms with Gasteiger partial charge in [-0.3, -0.25) is 0 Å². The highest BCUT2D eigenvalue weighted by molar-refractivity contribution is 5.78. The molecule has 2 aromatic rings. The summed E-state index contributed by atoms with van der Waals surface area (Å²) in [6.07, 6.45) is 0. The fraction of sp³-hybridized carbons (Fsp3) is 0.385. The van der Waals surface area contributed by atoms with Crippen LogP contribution in [0.1, 0.15) is 17.5 Å². The molecular weight excluding hydrogens is 246 g/mol. The number of oxazole rings is 1. The lowest BCUT2D eigenvalue weighted by atomic mass is 10.1. The van der Waals surface area contributed by atoms with E-state index in [4.69, 9.17) is 9.52 Å². The Morgan fingerprint density at radius 1 is 1.58 bits per heavy atom. The Balaban J connectivity index is 1.86. The number of benzene rings is 1. The largest absolute Gasteiger partial charge is 0.441 e. The maximum Gasteiger partial charge on any atom is 0.318 e. The number of nitrogens with zero attached hydrogens (tertiary/aromatic N) is 2. The van der Waals surface area contributed by atoms with Crippen molar-refractivity contribution in [2.75, 3.05) is 19.7 Å². The number of amides is 2. The molecule has 2 amide bonds. The van der Waals surface area contributed by atoms with E-state index in [2.05, 4.69) is 10.3 Å². The number of carbonyl (C=O) groups excluding carboxylic acids is 1. The van der Waals surface area contributed by atoms with Crippen LogP contribution in [0.2, 0.25) is 0 Å². The Hall–Kier alpha value is -2.08. The molecule has 1 aliphatic heterocycles. The molecule has 1 unspecified atom stereocenters. The molecule has 0 aliphatic carbocycles. The van der Waals surface area contributed by atoms with E-state index in [1.807, 2.05) is 18.2 Å². The Morgan fingerprint density at radius 3 is 3.21 bits per heavy atom. The molecule has 1 saturated heterocycles. The van der Waals surface area contributed by atoms with Gasteiger partial charge in [-0.05, 0) is 17.7 Å². The number of aryl methyl sites for hydroxylation is 1. The summed E-state index contributed by atoms with van der Waals surface area (Å²) in [7, 11) is 0. The third-order valence-electron chi connectivity index (χ3n) is 3.28. The molecule has 2 N–H and O–H groups in total. The van der Waals surface area contributed by atoms with Crippen LogP contribution < -0.4 is 5.32 Å². The summed E-state index contributed by atoms with van der Waals surface area (Å²) >= 11 is 0. The van der Waals surface area contributed by atoms with Crippen molar-refractivity contribution < 1.29 is 14.3 Å². The van der Waals surface area contributed by atoms with Gasteiger partial charge in [-0.25, -0.2) is 9.78 Å². The predicted molar refractivity (Wildman–Crippen MR) is 68.7 cm³/mol. The first kappa shape index (κ1) is 12.0. The van der Waals surface area contributed by atoms with Crippen molar-refractivity contribution >= 4 is 17.1 Å². The number of aliphatic hydroxyl groups is 1. The van der Waals surface area contributed by atoms with Crippen LogP contribution in [-0.2, 0) is 0 Å². The molecule has 1 aromatic heterocycles. The fourth-order valence-electron chi connectivity index (χ4n) is 2.36. The highest BCUT2D eigenvalue weighted by atomic mass is 16.3. The molecule has 19 heavy (non-hydrogen) atoms. The zero-order chi connectivity index (χ0) is 13.4. The van der Waals surface area contributed by atoms with E-state index in [0.717, 1.165) is 16.7 Å². The number of nitrogens with one attached hydrogen (secondary N) is 1. The van der Waals surface area contributed by atoms with Gasteiger partial charge >= 0.3 is 6.03 Å². The average Bonchev–Trinajstić information content (AvgIpc) is 2.91. The Labute approximate surface area is 110 Å². The number of hydrogen-bond donors (Lipinski definition) is 2. The lowest BCUT2D eigenvalue weighted by Gasteiger charge is -2.12. The highest BCUT2D eigenvalue weighted by Gasteiger charge is 2.29. The molecule has 0 spiro atoms. The van der Waals surface area contributed by atoms with Gasteiger partial charge in [0.15, 0.2) is 11.5 Å². The van der Waals surface area contributed by atoms with Crippen molar-refractivity contribution in [1.82, 2.24) is 15.2 Å². The van der Waals surface area contributed by atoms with E-state index in [1.165, 1.54) is 0 Å². The van der Waals surface area contributed by atoms with E-state index in [9.17, 15) is 4.79 Å². The van der Waals surface area contributed by atoms with Crippen LogP contribution >= 0.6 is 0 Å². The van der Waals surface area contributed by atoms with Crippen molar-refractivity contribution in [1.29, 1.82) is 0 Å². The van der Waals surface area contributed by atoms with E-state index in [-0.39, 0.29) is 18.7 Å². The average molecular weight is 261 g/mol. The van der Waals surface area contributed by atoms with Crippen LogP contribution in [0.25, 0.3) is 11.1 Å². The van der Waals surface area contributed by atoms with Crippen LogP contribution in [0.3, 0.4) is 0 Å². The standard InChI is InChI=1S/C13H15N3O3/c1-8-14-10-3-2-9(6-12(10)19-8)11-7-16(4-5-17)13(18)15-11/h2-3,6,11,17H,4-5,7H2,1H3,(H,15,18). The maximum atomic E-state index is 11.7. The van der Waals surface area contributed by atoms with Gasteiger partial charge in [0.2, 0.25) is 0 Å². The molecule has 0 bridgehead atoms. The van der Waals surface area contributed by atoms with Crippen LogP contribution in [0.5, 0.6) is 0 Å². The molecule has 100 valence electrons. The number of β-amino-alcohol motifs (C(OH)–C–C–N with tert-alkyl or cyclic N) is 1. The predicted octanol–water partition coefficient (Wildman–Crippen LogP) is 1.19. The molecule has 6 heteroatoms. The SMILES string of the molecule is Cc1nc2ccc(C3CN(CCO)C(=O)N3)cc2o1. The second kappa shape index (κ2) is 4.55. The van der Waals surface area contributed by atoms with Gasteiger partial charge in [0.1, 0.15) is 5.52 Å². The van der Waals surface area contributed by atoms with Gasteiger partial charge < -0.3 is 19.7 Å². The lowest BCUT2D eigenvalue weighted by Crippen LogP contribution is -2.30. The molecule has 1 fully saturated rings. The zero-order valence-corrected chi connectivity index (χ0v) is 10.6. The van der Waals surface area contributed by atoms with Gasteiger partial charge in [0, 0.05) is 20.0 Å². The lowest BCUT2D eigenvalue weighted by molar-refractivity contribution is 0.196. The number of rotatable bonds is 3.